The van der Waals surface area contributed by atoms with Crippen molar-refractivity contribution in [2.24, 2.45) is 5.92 Å². The summed E-state index contributed by atoms with van der Waals surface area (Å²) in [5.41, 5.74) is 0. The molecule has 0 spiro atoms. The number of nitrogens with zero attached hydrogens (tertiary/aromatic N) is 2. The van der Waals surface area contributed by atoms with Crippen molar-refractivity contribution in [3.05, 3.63) is 11.7 Å². The number of aromatic nitrogens is 2. The van der Waals surface area contributed by atoms with Gasteiger partial charge in [0.25, 0.3) is 0 Å². The van der Waals surface area contributed by atoms with Crippen LogP contribution in [0.2, 0.25) is 0 Å². The summed E-state index contributed by atoms with van der Waals surface area (Å²) in [5, 5.41) is 15.0. The maximum absolute atomic E-state index is 11.6. The molecular weight excluding hydrogens is 238 g/mol. The van der Waals surface area contributed by atoms with Crippen LogP contribution in [0.5, 0.6) is 0 Å². The molecule has 0 aliphatic rings. The van der Waals surface area contributed by atoms with Gasteiger partial charge in [-0.05, 0) is 12.8 Å². The molecule has 1 amide bonds. The average Bonchev–Trinajstić information content (AvgIpc) is 2.68. The van der Waals surface area contributed by atoms with Crippen molar-refractivity contribution in [3.8, 4) is 0 Å². The van der Waals surface area contributed by atoms with Gasteiger partial charge in [-0.2, -0.15) is 4.98 Å². The van der Waals surface area contributed by atoms with E-state index >= 15 is 0 Å². The van der Waals surface area contributed by atoms with Gasteiger partial charge in [-0.1, -0.05) is 19.0 Å². The molecule has 100 valence electrons. The molecule has 0 radical (unpaired) electrons. The maximum atomic E-state index is 11.6. The number of carbonyl (C=O) groups excluding carboxylic acids is 1. The zero-order valence-corrected chi connectivity index (χ0v) is 10.6. The van der Waals surface area contributed by atoms with Crippen molar-refractivity contribution in [1.82, 2.24) is 15.5 Å². The molecule has 2 N–H and O–H groups in total. The summed E-state index contributed by atoms with van der Waals surface area (Å²) in [6.07, 6.45) is 0.426. The molecule has 7 heteroatoms. The molecule has 1 atom stereocenters. The Morgan fingerprint density at radius 1 is 1.44 bits per heavy atom. The molecule has 7 nitrogen and oxygen atoms in total. The zero-order chi connectivity index (χ0) is 13.7. The summed E-state index contributed by atoms with van der Waals surface area (Å²) in [5.74, 6) is -0.661. The molecule has 0 fully saturated rings. The number of nitrogens with one attached hydrogen (secondary N) is 1. The second kappa shape index (κ2) is 6.13. The minimum absolute atomic E-state index is 0.123. The molecule has 1 aromatic rings. The SMILES string of the molecule is Cc1noc(CCC(=O)N[C@H](C(=O)O)C(C)C)n1. The van der Waals surface area contributed by atoms with Gasteiger partial charge in [0.15, 0.2) is 5.82 Å². The molecule has 0 saturated heterocycles. The first kappa shape index (κ1) is 14.1. The fourth-order valence-corrected chi connectivity index (χ4v) is 1.42. The Kier molecular flexibility index (Phi) is 4.82. The lowest BCUT2D eigenvalue weighted by Crippen LogP contribution is -2.44. The number of aliphatic carboxylic acids is 1. The smallest absolute Gasteiger partial charge is 0.326 e. The lowest BCUT2D eigenvalue weighted by Gasteiger charge is -2.17. The van der Waals surface area contributed by atoms with Crippen molar-refractivity contribution >= 4 is 11.9 Å². The minimum Gasteiger partial charge on any atom is -0.480 e. The van der Waals surface area contributed by atoms with E-state index in [2.05, 4.69) is 15.5 Å². The monoisotopic (exact) mass is 255 g/mol. The fourth-order valence-electron chi connectivity index (χ4n) is 1.42. The first-order chi connectivity index (χ1) is 8.40. The lowest BCUT2D eigenvalue weighted by atomic mass is 10.0. The molecule has 0 bridgehead atoms. The van der Waals surface area contributed by atoms with Crippen LogP contribution in [0.4, 0.5) is 0 Å². The number of carboxylic acid groups (broad SMARTS) is 1. The van der Waals surface area contributed by atoms with E-state index in [9.17, 15) is 9.59 Å². The van der Waals surface area contributed by atoms with E-state index in [-0.39, 0.29) is 18.2 Å². The van der Waals surface area contributed by atoms with Gasteiger partial charge in [-0.3, -0.25) is 4.79 Å². The summed E-state index contributed by atoms with van der Waals surface area (Å²) in [6.45, 7) is 5.16. The van der Waals surface area contributed by atoms with Crippen molar-refractivity contribution in [1.29, 1.82) is 0 Å². The van der Waals surface area contributed by atoms with Crippen LogP contribution in [0, 0.1) is 12.8 Å². The number of carbonyl (C=O) groups is 2. The highest BCUT2D eigenvalue weighted by atomic mass is 16.5. The van der Waals surface area contributed by atoms with E-state index in [0.29, 0.717) is 18.1 Å². The minimum atomic E-state index is -1.04. The predicted octanol–water partition coefficient (Wildman–Crippen LogP) is 0.536. The Balaban J connectivity index is 2.43. The largest absolute Gasteiger partial charge is 0.480 e. The third kappa shape index (κ3) is 4.15. The summed E-state index contributed by atoms with van der Waals surface area (Å²) in [7, 11) is 0. The van der Waals surface area contributed by atoms with Crippen molar-refractivity contribution in [2.45, 2.75) is 39.7 Å². The normalized spacial score (nSPS) is 12.4. The van der Waals surface area contributed by atoms with E-state index in [1.165, 1.54) is 0 Å². The van der Waals surface area contributed by atoms with E-state index in [0.717, 1.165) is 0 Å². The molecule has 18 heavy (non-hydrogen) atoms. The molecule has 0 aliphatic heterocycles. The van der Waals surface area contributed by atoms with Crippen LogP contribution in [-0.2, 0) is 16.0 Å². The van der Waals surface area contributed by atoms with Crippen LogP contribution in [0.15, 0.2) is 4.52 Å². The van der Waals surface area contributed by atoms with Gasteiger partial charge in [-0.25, -0.2) is 4.79 Å². The van der Waals surface area contributed by atoms with Gasteiger partial charge in [-0.15, -0.1) is 0 Å². The van der Waals surface area contributed by atoms with Gasteiger partial charge in [0.1, 0.15) is 6.04 Å². The van der Waals surface area contributed by atoms with Crippen LogP contribution in [0.1, 0.15) is 32.0 Å². The lowest BCUT2D eigenvalue weighted by molar-refractivity contribution is -0.143. The number of hydrogen-bond donors (Lipinski definition) is 2. The summed E-state index contributed by atoms with van der Waals surface area (Å²) in [6, 6.07) is -0.873. The summed E-state index contributed by atoms with van der Waals surface area (Å²) < 4.78 is 4.86. The molecule has 1 rings (SSSR count). The van der Waals surface area contributed by atoms with Crippen LogP contribution in [-0.4, -0.2) is 33.2 Å². The number of amides is 1. The first-order valence-electron chi connectivity index (χ1n) is 5.71. The molecule has 0 saturated carbocycles. The third-order valence-corrected chi connectivity index (χ3v) is 2.38. The molecule has 0 aromatic carbocycles. The summed E-state index contributed by atoms with van der Waals surface area (Å²) in [4.78, 5) is 26.4. The van der Waals surface area contributed by atoms with Crippen molar-refractivity contribution < 1.29 is 19.2 Å². The topological polar surface area (TPSA) is 105 Å². The van der Waals surface area contributed by atoms with E-state index in [4.69, 9.17) is 9.63 Å². The zero-order valence-electron chi connectivity index (χ0n) is 10.6. The van der Waals surface area contributed by atoms with Gasteiger partial charge in [0.05, 0.1) is 0 Å². The van der Waals surface area contributed by atoms with Gasteiger partial charge in [0, 0.05) is 12.8 Å². The van der Waals surface area contributed by atoms with E-state index in [1.54, 1.807) is 20.8 Å². The average molecular weight is 255 g/mol. The standard InChI is InChI=1S/C11H17N3O4/c1-6(2)10(11(16)17)13-8(15)4-5-9-12-7(3)14-18-9/h6,10H,4-5H2,1-3H3,(H,13,15)(H,16,17)/t10-/m0/s1. The quantitative estimate of drug-likeness (QED) is 0.768. The van der Waals surface area contributed by atoms with Crippen molar-refractivity contribution in [3.63, 3.8) is 0 Å². The van der Waals surface area contributed by atoms with Crippen LogP contribution in [0.3, 0.4) is 0 Å². The number of rotatable bonds is 6. The fraction of sp³-hybridized carbons (Fsp3) is 0.636. The Hall–Kier alpha value is -1.92. The number of carboxylic acids is 1. The Morgan fingerprint density at radius 3 is 2.56 bits per heavy atom. The number of hydrogen-bond acceptors (Lipinski definition) is 5. The van der Waals surface area contributed by atoms with E-state index in [1.807, 2.05) is 0 Å². The van der Waals surface area contributed by atoms with Gasteiger partial charge < -0.3 is 14.9 Å². The Bertz CT molecular complexity index is 428. The van der Waals surface area contributed by atoms with Gasteiger partial charge in [0.2, 0.25) is 11.8 Å². The van der Waals surface area contributed by atoms with Gasteiger partial charge >= 0.3 is 5.97 Å². The molecule has 0 aliphatic carbocycles. The maximum Gasteiger partial charge on any atom is 0.326 e. The van der Waals surface area contributed by atoms with E-state index < -0.39 is 12.0 Å². The third-order valence-electron chi connectivity index (χ3n) is 2.38. The first-order valence-corrected chi connectivity index (χ1v) is 5.71. The highest BCUT2D eigenvalue weighted by Gasteiger charge is 2.23. The molecule has 1 heterocycles. The molecule has 0 unspecified atom stereocenters. The summed E-state index contributed by atoms with van der Waals surface area (Å²) >= 11 is 0. The Morgan fingerprint density at radius 2 is 2.11 bits per heavy atom. The highest BCUT2D eigenvalue weighted by molar-refractivity contribution is 5.83. The highest BCUT2D eigenvalue weighted by Crippen LogP contribution is 2.04. The molecular formula is C11H17N3O4. The predicted molar refractivity (Wildman–Crippen MR) is 61.8 cm³/mol. The second-order valence-electron chi connectivity index (χ2n) is 4.36. The second-order valence-corrected chi connectivity index (χ2v) is 4.36. The Labute approximate surface area is 105 Å². The van der Waals surface area contributed by atoms with Crippen LogP contribution >= 0.6 is 0 Å². The number of aryl methyl sites for hydroxylation is 2. The van der Waals surface area contributed by atoms with Crippen LogP contribution < -0.4 is 5.32 Å². The van der Waals surface area contributed by atoms with Crippen molar-refractivity contribution in [2.75, 3.05) is 0 Å². The van der Waals surface area contributed by atoms with Crippen LogP contribution in [0.25, 0.3) is 0 Å². The molecule has 1 aromatic heterocycles.